The van der Waals surface area contributed by atoms with Gasteiger partial charge in [0.1, 0.15) is 5.02 Å². The van der Waals surface area contributed by atoms with Gasteiger partial charge in [0.05, 0.1) is 40.6 Å². The molecule has 67 heavy (non-hydrogen) atoms. The van der Waals surface area contributed by atoms with Gasteiger partial charge in [0, 0.05) is 75.4 Å². The number of carbonyl (C=O) groups is 2. The number of imide groups is 1. The summed E-state index contributed by atoms with van der Waals surface area (Å²) in [5.74, 6) is -2.57. The van der Waals surface area contributed by atoms with E-state index in [4.69, 9.17) is 26.4 Å². The van der Waals surface area contributed by atoms with Crippen LogP contribution in [0.2, 0.25) is 5.02 Å². The zero-order valence-corrected chi connectivity index (χ0v) is 39.1. The molecule has 1 unspecified atom stereocenters. The van der Waals surface area contributed by atoms with Crippen molar-refractivity contribution in [1.82, 2.24) is 34.5 Å². The third-order valence-corrected chi connectivity index (χ3v) is 16.2. The van der Waals surface area contributed by atoms with E-state index in [1.807, 2.05) is 23.9 Å². The van der Waals surface area contributed by atoms with Gasteiger partial charge in [-0.25, -0.2) is 13.8 Å². The van der Waals surface area contributed by atoms with Gasteiger partial charge in [-0.1, -0.05) is 11.6 Å². The predicted octanol–water partition coefficient (Wildman–Crippen LogP) is 7.26. The Hall–Kier alpha value is -5.55. The number of carbonyl (C=O) groups excluding carboxylic acids is 2. The van der Waals surface area contributed by atoms with Crippen LogP contribution in [0.3, 0.4) is 0 Å². The molecule has 15 nitrogen and oxygen atoms in total. The summed E-state index contributed by atoms with van der Waals surface area (Å²) in [6, 6.07) is 8.63. The minimum atomic E-state index is -3.12. The number of amides is 2. The van der Waals surface area contributed by atoms with Crippen LogP contribution in [0, 0.1) is 24.2 Å². The molecule has 2 aromatic carbocycles. The fourth-order valence-electron chi connectivity index (χ4n) is 11.8. The first kappa shape index (κ1) is 44.0. The number of rotatable bonds is 8. The Morgan fingerprint density at radius 2 is 1.66 bits per heavy atom. The SMILES string of the molecule is Cc1c(N2CCC(CN3CCC4(CC3)CCN(c3ncc(Cl)c(Nc5ccc6c(c5)c5c(c(=O)n6C)OCC(F)(F)[C@H](C6CC6)N5)n3)CC4)CC2)ccc2c(C3CCC(=O)NC3=O)nn(C)c12. The van der Waals surface area contributed by atoms with Gasteiger partial charge in [-0.2, -0.15) is 10.1 Å². The molecule has 2 amide bonds. The molecule has 18 heteroatoms. The number of halogens is 3. The van der Waals surface area contributed by atoms with Crippen molar-refractivity contribution >= 4 is 74.0 Å². The van der Waals surface area contributed by atoms with Gasteiger partial charge < -0.3 is 34.6 Å². The number of benzene rings is 2. The van der Waals surface area contributed by atoms with Crippen LogP contribution in [-0.4, -0.2) is 105 Å². The monoisotopic (exact) mass is 937 g/mol. The maximum absolute atomic E-state index is 15.2. The number of hydrogen-bond acceptors (Lipinski definition) is 12. The summed E-state index contributed by atoms with van der Waals surface area (Å²) >= 11 is 6.68. The van der Waals surface area contributed by atoms with E-state index in [1.54, 1.807) is 19.3 Å². The molecule has 2 atom stereocenters. The van der Waals surface area contributed by atoms with Crippen molar-refractivity contribution in [3.05, 3.63) is 63.2 Å². The summed E-state index contributed by atoms with van der Waals surface area (Å²) in [5.41, 5.74) is 5.57. The van der Waals surface area contributed by atoms with Crippen molar-refractivity contribution in [3.8, 4) is 5.75 Å². The molecule has 5 aromatic rings. The highest BCUT2D eigenvalue weighted by molar-refractivity contribution is 6.33. The van der Waals surface area contributed by atoms with Gasteiger partial charge >= 0.3 is 5.92 Å². The first-order valence-electron chi connectivity index (χ1n) is 24.0. The number of nitrogens with zero attached hydrogens (tertiary/aromatic N) is 8. The van der Waals surface area contributed by atoms with E-state index in [2.05, 4.69) is 54.7 Å². The van der Waals surface area contributed by atoms with E-state index in [0.29, 0.717) is 70.4 Å². The number of alkyl halides is 2. The molecular formula is C49H58ClF2N11O4. The largest absolute Gasteiger partial charge is 0.480 e. The van der Waals surface area contributed by atoms with Crippen LogP contribution in [0.1, 0.15) is 81.4 Å². The number of aromatic nitrogens is 5. The molecule has 0 bridgehead atoms. The predicted molar refractivity (Wildman–Crippen MR) is 255 cm³/mol. The second kappa shape index (κ2) is 16.9. The average molecular weight is 939 g/mol. The van der Waals surface area contributed by atoms with E-state index in [9.17, 15) is 14.4 Å². The van der Waals surface area contributed by atoms with Crippen LogP contribution in [0.15, 0.2) is 41.3 Å². The molecule has 5 fully saturated rings. The lowest BCUT2D eigenvalue weighted by atomic mass is 9.71. The molecule has 11 rings (SSSR count). The van der Waals surface area contributed by atoms with E-state index in [1.165, 1.54) is 28.7 Å². The molecule has 6 aliphatic rings. The molecule has 1 saturated carbocycles. The Morgan fingerprint density at radius 1 is 0.910 bits per heavy atom. The average Bonchev–Trinajstić information content (AvgIpc) is 4.12. The van der Waals surface area contributed by atoms with Crippen molar-refractivity contribution in [2.45, 2.75) is 89.0 Å². The molecule has 8 heterocycles. The van der Waals surface area contributed by atoms with Gasteiger partial charge in [0.2, 0.25) is 23.5 Å². The Kier molecular flexibility index (Phi) is 11.1. The maximum atomic E-state index is 15.2. The van der Waals surface area contributed by atoms with E-state index < -0.39 is 30.0 Å². The van der Waals surface area contributed by atoms with Crippen LogP contribution in [-0.2, 0) is 23.7 Å². The molecule has 1 spiro atoms. The molecule has 4 saturated heterocycles. The minimum absolute atomic E-state index is 0.0965. The first-order valence-corrected chi connectivity index (χ1v) is 24.4. The zero-order valence-electron chi connectivity index (χ0n) is 38.3. The van der Waals surface area contributed by atoms with Crippen LogP contribution < -0.4 is 36.0 Å². The third-order valence-electron chi connectivity index (χ3n) is 15.9. The van der Waals surface area contributed by atoms with Crippen LogP contribution in [0.4, 0.5) is 37.6 Å². The van der Waals surface area contributed by atoms with Gasteiger partial charge in [0.15, 0.2) is 12.4 Å². The Labute approximate surface area is 392 Å². The van der Waals surface area contributed by atoms with Crippen molar-refractivity contribution in [2.24, 2.45) is 31.3 Å². The first-order chi connectivity index (χ1) is 32.2. The summed E-state index contributed by atoms with van der Waals surface area (Å²) in [5, 5.41) is 15.6. The maximum Gasteiger partial charge on any atom is 0.301 e. The molecular weight excluding hydrogens is 880 g/mol. The number of pyridine rings is 1. The number of nitrogens with one attached hydrogen (secondary N) is 3. The normalized spacial score (nSPS) is 23.5. The Bertz CT molecular complexity index is 2840. The third kappa shape index (κ3) is 8.12. The van der Waals surface area contributed by atoms with Gasteiger partial charge in [-0.3, -0.25) is 24.4 Å². The molecule has 5 aliphatic heterocycles. The van der Waals surface area contributed by atoms with E-state index in [-0.39, 0.29) is 29.2 Å². The summed E-state index contributed by atoms with van der Waals surface area (Å²) < 4.78 is 39.3. The quantitative estimate of drug-likeness (QED) is 0.134. The van der Waals surface area contributed by atoms with E-state index >= 15 is 8.78 Å². The highest BCUT2D eigenvalue weighted by Crippen LogP contribution is 2.47. The number of fused-ring (bicyclic) bond motifs is 4. The number of ether oxygens (including phenoxy) is 1. The summed E-state index contributed by atoms with van der Waals surface area (Å²) in [6.07, 6.45) is 10.7. The van der Waals surface area contributed by atoms with Crippen molar-refractivity contribution in [3.63, 3.8) is 0 Å². The molecule has 354 valence electrons. The number of hydrogen-bond donors (Lipinski definition) is 3. The fraction of sp³-hybridized carbons (Fsp3) is 0.551. The summed E-state index contributed by atoms with van der Waals surface area (Å²) in [7, 11) is 3.56. The highest BCUT2D eigenvalue weighted by atomic mass is 35.5. The van der Waals surface area contributed by atoms with Crippen molar-refractivity contribution in [2.75, 3.05) is 72.9 Å². The minimum Gasteiger partial charge on any atom is -0.480 e. The van der Waals surface area contributed by atoms with E-state index in [0.717, 1.165) is 88.1 Å². The van der Waals surface area contributed by atoms with Crippen molar-refractivity contribution in [1.29, 1.82) is 0 Å². The van der Waals surface area contributed by atoms with Gasteiger partial charge in [-0.15, -0.1) is 0 Å². The number of likely N-dealkylation sites (tertiary alicyclic amines) is 1. The van der Waals surface area contributed by atoms with Crippen LogP contribution in [0.5, 0.6) is 5.75 Å². The molecule has 3 aromatic heterocycles. The lowest BCUT2D eigenvalue weighted by molar-refractivity contribution is -0.134. The second-order valence-corrected chi connectivity index (χ2v) is 20.5. The lowest BCUT2D eigenvalue weighted by Crippen LogP contribution is -2.48. The van der Waals surface area contributed by atoms with Gasteiger partial charge in [-0.05, 0) is 131 Å². The number of anilines is 5. The van der Waals surface area contributed by atoms with Crippen LogP contribution in [0.25, 0.3) is 21.8 Å². The van der Waals surface area contributed by atoms with Crippen LogP contribution >= 0.6 is 11.6 Å². The van der Waals surface area contributed by atoms with Crippen molar-refractivity contribution < 1.29 is 23.1 Å². The smallest absolute Gasteiger partial charge is 0.301 e. The standard InChI is InChI=1S/C49H58ClF2N11O4/c1-28-36(10-7-32-39(58-60(3)41(28)32)33-8-11-38(64)55-45(33)65)62-18-12-29(13-19-62)26-61-20-14-48(15-21-61)16-22-63(23-17-48)47-53-25-35(50)44(57-47)54-31-6-9-37-34(24-31)40-42(46(66)59(37)2)67-27-49(51,52)43(56-40)30-4-5-30/h6-7,9-10,24-25,29-30,33,43,56H,4-5,8,11-23,26-27H2,1-3H3,(H,53,54,57)(H,55,64,65)/t33?,43-/m0/s1. The Balaban J connectivity index is 0.691. The molecule has 0 radical (unpaired) electrons. The zero-order chi connectivity index (χ0) is 46.4. The Morgan fingerprint density at radius 3 is 2.39 bits per heavy atom. The number of piperidine rings is 4. The molecule has 3 N–H and O–H groups in total. The lowest BCUT2D eigenvalue weighted by Gasteiger charge is -2.47. The van der Waals surface area contributed by atoms with Gasteiger partial charge in [0.25, 0.3) is 5.56 Å². The summed E-state index contributed by atoms with van der Waals surface area (Å²) in [6.45, 7) is 8.41. The number of aryl methyl sites for hydroxylation is 3. The fourth-order valence-corrected chi connectivity index (χ4v) is 11.9. The summed E-state index contributed by atoms with van der Waals surface area (Å²) in [4.78, 5) is 54.7. The topological polar surface area (TPSA) is 155 Å². The highest BCUT2D eigenvalue weighted by Gasteiger charge is 2.51. The second-order valence-electron chi connectivity index (χ2n) is 20.1. The molecule has 1 aliphatic carbocycles.